The highest BCUT2D eigenvalue weighted by molar-refractivity contribution is 5.75. The molecule has 0 rings (SSSR count). The molecular formula is C10H16N2O10. The van der Waals surface area contributed by atoms with Crippen LogP contribution in [0.2, 0.25) is 0 Å². The molecule has 0 fully saturated rings. The van der Waals surface area contributed by atoms with Crippen LogP contribution in [0.3, 0.4) is 0 Å². The zero-order chi connectivity index (χ0) is 17.0. The van der Waals surface area contributed by atoms with Crippen LogP contribution >= 0.6 is 0 Å². The molecule has 2 atom stereocenters. The predicted octanol–water partition coefficient (Wildman–Crippen LogP) is 0.0466. The SMILES string of the molecule is CC(OC=O)C(=O)OCCCCC(CO[N+](=O)[O-])O[N+](=O)[O-]. The first-order valence-electron chi connectivity index (χ1n) is 6.21. The molecule has 2 unspecified atom stereocenters. The largest absolute Gasteiger partial charge is 0.463 e. The van der Waals surface area contributed by atoms with Gasteiger partial charge in [0.1, 0.15) is 12.7 Å². The van der Waals surface area contributed by atoms with E-state index in [0.717, 1.165) is 0 Å². The molecule has 0 radical (unpaired) electrons. The van der Waals surface area contributed by atoms with Crippen LogP contribution in [0.25, 0.3) is 0 Å². The Balaban J connectivity index is 3.91. The van der Waals surface area contributed by atoms with Crippen molar-refractivity contribution in [1.29, 1.82) is 0 Å². The van der Waals surface area contributed by atoms with Gasteiger partial charge in [-0.15, -0.1) is 20.2 Å². The Kier molecular flexibility index (Phi) is 9.71. The molecule has 0 saturated carbocycles. The average Bonchev–Trinajstić information content (AvgIpc) is 2.43. The number of unbranched alkanes of at least 4 members (excludes halogenated alkanes) is 1. The Labute approximate surface area is 124 Å². The molecule has 0 spiro atoms. The van der Waals surface area contributed by atoms with Gasteiger partial charge in [-0.25, -0.2) is 4.79 Å². The summed E-state index contributed by atoms with van der Waals surface area (Å²) in [6, 6.07) is 0. The lowest BCUT2D eigenvalue weighted by atomic mass is 10.2. The number of hydrogen-bond acceptors (Lipinski definition) is 10. The Morgan fingerprint density at radius 3 is 2.45 bits per heavy atom. The molecular weight excluding hydrogens is 308 g/mol. The fourth-order valence-electron chi connectivity index (χ4n) is 1.34. The topological polar surface area (TPSA) is 157 Å². The summed E-state index contributed by atoms with van der Waals surface area (Å²) < 4.78 is 9.15. The Bertz CT molecular complexity index is 388. The quantitative estimate of drug-likeness (QED) is 0.149. The average molecular weight is 324 g/mol. The van der Waals surface area contributed by atoms with Gasteiger partial charge < -0.3 is 19.1 Å². The third kappa shape index (κ3) is 10.2. The molecule has 0 aromatic carbocycles. The highest BCUT2D eigenvalue weighted by atomic mass is 17.0. The second kappa shape index (κ2) is 11.0. The minimum atomic E-state index is -1.09. The van der Waals surface area contributed by atoms with Crippen LogP contribution in [0.1, 0.15) is 26.2 Å². The standard InChI is InChI=1S/C10H16N2O10/c1-8(20-7-13)10(14)19-5-3-2-4-9(22-12(17)18)6-21-11(15)16/h7-9H,2-6H2,1H3. The lowest BCUT2D eigenvalue weighted by molar-refractivity contribution is -0.790. The normalized spacial score (nSPS) is 12.6. The van der Waals surface area contributed by atoms with Gasteiger partial charge in [-0.3, -0.25) is 4.79 Å². The molecule has 0 heterocycles. The molecule has 12 nitrogen and oxygen atoms in total. The zero-order valence-corrected chi connectivity index (χ0v) is 11.7. The Morgan fingerprint density at radius 2 is 1.91 bits per heavy atom. The first-order chi connectivity index (χ1) is 10.4. The number of ether oxygens (including phenoxy) is 2. The number of rotatable bonds is 13. The lowest BCUT2D eigenvalue weighted by Crippen LogP contribution is -2.25. The molecule has 0 aliphatic carbocycles. The summed E-state index contributed by atoms with van der Waals surface area (Å²) in [5, 5.41) is 18.1. The van der Waals surface area contributed by atoms with Crippen LogP contribution in [0.15, 0.2) is 0 Å². The van der Waals surface area contributed by atoms with E-state index in [2.05, 4.69) is 14.4 Å². The maximum Gasteiger partial charge on any atom is 0.347 e. The fraction of sp³-hybridized carbons (Fsp3) is 0.800. The van der Waals surface area contributed by atoms with Gasteiger partial charge in [0.15, 0.2) is 6.10 Å². The van der Waals surface area contributed by atoms with Crippen molar-refractivity contribution in [2.75, 3.05) is 13.2 Å². The summed E-state index contributed by atoms with van der Waals surface area (Å²) >= 11 is 0. The second-order valence-electron chi connectivity index (χ2n) is 4.01. The van der Waals surface area contributed by atoms with Gasteiger partial charge in [0, 0.05) is 0 Å². The van der Waals surface area contributed by atoms with E-state index >= 15 is 0 Å². The van der Waals surface area contributed by atoms with E-state index in [1.54, 1.807) is 0 Å². The highest BCUT2D eigenvalue weighted by Gasteiger charge is 2.17. The van der Waals surface area contributed by atoms with Gasteiger partial charge in [0.2, 0.25) is 0 Å². The fourth-order valence-corrected chi connectivity index (χ4v) is 1.34. The number of esters is 1. The summed E-state index contributed by atoms with van der Waals surface area (Å²) in [4.78, 5) is 49.7. The van der Waals surface area contributed by atoms with Gasteiger partial charge in [-0.1, -0.05) is 0 Å². The highest BCUT2D eigenvalue weighted by Crippen LogP contribution is 2.07. The van der Waals surface area contributed by atoms with E-state index in [0.29, 0.717) is 12.8 Å². The molecule has 12 heteroatoms. The van der Waals surface area contributed by atoms with Crippen LogP contribution in [0.4, 0.5) is 0 Å². The Hall–Kier alpha value is -2.66. The van der Waals surface area contributed by atoms with Gasteiger partial charge in [0.25, 0.3) is 16.6 Å². The predicted molar refractivity (Wildman–Crippen MR) is 66.2 cm³/mol. The van der Waals surface area contributed by atoms with E-state index in [-0.39, 0.29) is 19.5 Å². The molecule has 0 saturated heterocycles. The van der Waals surface area contributed by atoms with Gasteiger partial charge in [0.05, 0.1) is 6.61 Å². The lowest BCUT2D eigenvalue weighted by Gasteiger charge is -2.13. The maximum absolute atomic E-state index is 11.2. The maximum atomic E-state index is 11.2. The van der Waals surface area contributed by atoms with Gasteiger partial charge in [-0.05, 0) is 26.2 Å². The molecule has 0 aliphatic rings. The third-order valence-corrected chi connectivity index (χ3v) is 2.36. The van der Waals surface area contributed by atoms with Crippen molar-refractivity contribution in [3.8, 4) is 0 Å². The number of hydrogen-bond donors (Lipinski definition) is 0. The summed E-state index contributed by atoms with van der Waals surface area (Å²) in [5.41, 5.74) is 0. The van der Waals surface area contributed by atoms with E-state index in [1.165, 1.54) is 6.92 Å². The number of nitrogens with zero attached hydrogens (tertiary/aromatic N) is 2. The summed E-state index contributed by atoms with van der Waals surface area (Å²) in [6.07, 6.45) is -1.32. The molecule has 126 valence electrons. The summed E-state index contributed by atoms with van der Waals surface area (Å²) in [7, 11) is 0. The monoisotopic (exact) mass is 324 g/mol. The first kappa shape index (κ1) is 19.3. The molecule has 0 amide bonds. The van der Waals surface area contributed by atoms with Crippen molar-refractivity contribution in [2.24, 2.45) is 0 Å². The third-order valence-electron chi connectivity index (χ3n) is 2.36. The van der Waals surface area contributed by atoms with Crippen molar-refractivity contribution < 1.29 is 38.9 Å². The van der Waals surface area contributed by atoms with E-state index in [9.17, 15) is 29.8 Å². The van der Waals surface area contributed by atoms with Crippen LogP contribution in [-0.4, -0.2) is 48.0 Å². The molecule has 0 aromatic heterocycles. The second-order valence-corrected chi connectivity index (χ2v) is 4.01. The van der Waals surface area contributed by atoms with Crippen molar-refractivity contribution in [3.63, 3.8) is 0 Å². The van der Waals surface area contributed by atoms with Crippen molar-refractivity contribution in [1.82, 2.24) is 0 Å². The molecule has 0 aromatic rings. The van der Waals surface area contributed by atoms with Crippen LogP contribution in [0.5, 0.6) is 0 Å². The minimum absolute atomic E-state index is 0.00662. The number of carbonyl (C=O) groups is 2. The molecule has 0 aliphatic heterocycles. The van der Waals surface area contributed by atoms with Crippen LogP contribution in [-0.2, 0) is 28.7 Å². The van der Waals surface area contributed by atoms with Crippen molar-refractivity contribution in [3.05, 3.63) is 20.2 Å². The van der Waals surface area contributed by atoms with Gasteiger partial charge in [-0.2, -0.15) is 0 Å². The summed E-state index contributed by atoms with van der Waals surface area (Å²) in [5.74, 6) is -0.720. The number of carbonyl (C=O) groups excluding carboxylic acids is 2. The molecule has 0 N–H and O–H groups in total. The first-order valence-corrected chi connectivity index (χ1v) is 6.21. The van der Waals surface area contributed by atoms with E-state index in [4.69, 9.17) is 4.74 Å². The molecule has 22 heavy (non-hydrogen) atoms. The zero-order valence-electron chi connectivity index (χ0n) is 11.7. The smallest absolute Gasteiger partial charge is 0.347 e. The van der Waals surface area contributed by atoms with Crippen LogP contribution in [0, 0.1) is 20.2 Å². The van der Waals surface area contributed by atoms with E-state index < -0.39 is 35.0 Å². The van der Waals surface area contributed by atoms with E-state index in [1.807, 2.05) is 0 Å². The summed E-state index contributed by atoms with van der Waals surface area (Å²) in [6.45, 7) is 0.901. The Morgan fingerprint density at radius 1 is 1.23 bits per heavy atom. The minimum Gasteiger partial charge on any atom is -0.463 e. The van der Waals surface area contributed by atoms with Crippen molar-refractivity contribution >= 4 is 12.4 Å². The van der Waals surface area contributed by atoms with Crippen LogP contribution < -0.4 is 0 Å². The van der Waals surface area contributed by atoms with Gasteiger partial charge >= 0.3 is 5.97 Å². The van der Waals surface area contributed by atoms with Crippen molar-refractivity contribution in [2.45, 2.75) is 38.4 Å². The molecule has 0 bridgehead atoms.